The van der Waals surface area contributed by atoms with Crippen LogP contribution in [0.1, 0.15) is 32.1 Å². The Morgan fingerprint density at radius 3 is 2.61 bits per heavy atom. The molecular formula is C13H23ClN2OS. The number of thiophene rings is 1. The molecule has 0 aliphatic rings. The van der Waals surface area contributed by atoms with E-state index in [1.54, 1.807) is 11.3 Å². The highest BCUT2D eigenvalue weighted by molar-refractivity contribution is 7.10. The molecule has 0 fully saturated rings. The maximum atomic E-state index is 12.1. The van der Waals surface area contributed by atoms with E-state index in [4.69, 9.17) is 0 Å². The Kier molecular flexibility index (Phi) is 8.24. The molecule has 1 heterocycles. The van der Waals surface area contributed by atoms with Crippen LogP contribution in [-0.4, -0.2) is 25.5 Å². The zero-order valence-electron chi connectivity index (χ0n) is 11.3. The molecule has 2 N–H and O–H groups in total. The van der Waals surface area contributed by atoms with Crippen LogP contribution in [0.2, 0.25) is 0 Å². The van der Waals surface area contributed by atoms with Crippen molar-refractivity contribution in [3.63, 3.8) is 0 Å². The van der Waals surface area contributed by atoms with Crippen molar-refractivity contribution in [2.45, 2.75) is 32.6 Å². The summed E-state index contributed by atoms with van der Waals surface area (Å²) in [4.78, 5) is 13.2. The number of carbonyl (C=O) groups is 1. The van der Waals surface area contributed by atoms with Gasteiger partial charge < -0.3 is 10.6 Å². The van der Waals surface area contributed by atoms with Crippen LogP contribution in [0.4, 0.5) is 0 Å². The van der Waals surface area contributed by atoms with Gasteiger partial charge >= 0.3 is 0 Å². The Morgan fingerprint density at radius 1 is 1.33 bits per heavy atom. The average molecular weight is 291 g/mol. The molecule has 1 rings (SSSR count). The molecule has 0 aliphatic heterocycles. The van der Waals surface area contributed by atoms with Crippen LogP contribution in [-0.2, 0) is 10.2 Å². The topological polar surface area (TPSA) is 41.1 Å². The number of rotatable bonds is 7. The van der Waals surface area contributed by atoms with Gasteiger partial charge in [0.15, 0.2) is 0 Å². The molecule has 18 heavy (non-hydrogen) atoms. The SMILES string of the molecule is CCCNCCNC(=O)C(C)(C)c1cccs1.Cl. The molecule has 0 radical (unpaired) electrons. The van der Waals surface area contributed by atoms with Crippen molar-refractivity contribution in [1.82, 2.24) is 10.6 Å². The molecule has 0 bridgehead atoms. The summed E-state index contributed by atoms with van der Waals surface area (Å²) in [6, 6.07) is 4.00. The molecule has 1 amide bonds. The molecule has 1 aromatic heterocycles. The first-order chi connectivity index (χ1) is 8.09. The highest BCUT2D eigenvalue weighted by atomic mass is 35.5. The van der Waals surface area contributed by atoms with Crippen molar-refractivity contribution >= 4 is 29.7 Å². The minimum absolute atomic E-state index is 0. The molecule has 1 aromatic rings. The van der Waals surface area contributed by atoms with Gasteiger partial charge in [0.25, 0.3) is 0 Å². The number of halogens is 1. The largest absolute Gasteiger partial charge is 0.354 e. The lowest BCUT2D eigenvalue weighted by molar-refractivity contribution is -0.125. The fraction of sp³-hybridized carbons (Fsp3) is 0.615. The third-order valence-electron chi connectivity index (χ3n) is 2.72. The third-order valence-corrected chi connectivity index (χ3v) is 3.91. The van der Waals surface area contributed by atoms with Gasteiger partial charge in [-0.15, -0.1) is 23.7 Å². The molecule has 0 unspecified atom stereocenters. The summed E-state index contributed by atoms with van der Waals surface area (Å²) in [6.07, 6.45) is 1.12. The van der Waals surface area contributed by atoms with Gasteiger partial charge in [-0.2, -0.15) is 0 Å². The number of hydrogen-bond donors (Lipinski definition) is 2. The highest BCUT2D eigenvalue weighted by Crippen LogP contribution is 2.27. The third kappa shape index (κ3) is 4.96. The van der Waals surface area contributed by atoms with Crippen molar-refractivity contribution in [2.24, 2.45) is 0 Å². The Hall–Kier alpha value is -0.580. The van der Waals surface area contributed by atoms with Crippen molar-refractivity contribution in [2.75, 3.05) is 19.6 Å². The van der Waals surface area contributed by atoms with E-state index in [0.29, 0.717) is 6.54 Å². The summed E-state index contributed by atoms with van der Waals surface area (Å²) in [5.74, 6) is 0.0956. The summed E-state index contributed by atoms with van der Waals surface area (Å²) < 4.78 is 0. The molecule has 0 atom stereocenters. The first-order valence-electron chi connectivity index (χ1n) is 6.12. The van der Waals surface area contributed by atoms with Crippen LogP contribution in [0.5, 0.6) is 0 Å². The smallest absolute Gasteiger partial charge is 0.230 e. The van der Waals surface area contributed by atoms with E-state index in [9.17, 15) is 4.79 Å². The fourth-order valence-electron chi connectivity index (χ4n) is 1.53. The molecule has 3 nitrogen and oxygen atoms in total. The summed E-state index contributed by atoms with van der Waals surface area (Å²) >= 11 is 1.63. The normalized spacial score (nSPS) is 10.8. The quantitative estimate of drug-likeness (QED) is 0.758. The van der Waals surface area contributed by atoms with Crippen LogP contribution < -0.4 is 10.6 Å². The van der Waals surface area contributed by atoms with Gasteiger partial charge in [-0.25, -0.2) is 0 Å². The monoisotopic (exact) mass is 290 g/mol. The van der Waals surface area contributed by atoms with Crippen LogP contribution in [0.3, 0.4) is 0 Å². The van der Waals surface area contributed by atoms with E-state index in [1.165, 1.54) is 0 Å². The van der Waals surface area contributed by atoms with Crippen LogP contribution in [0.25, 0.3) is 0 Å². The lowest BCUT2D eigenvalue weighted by Gasteiger charge is -2.22. The van der Waals surface area contributed by atoms with E-state index in [2.05, 4.69) is 17.6 Å². The van der Waals surface area contributed by atoms with E-state index in [-0.39, 0.29) is 18.3 Å². The standard InChI is InChI=1S/C13H22N2OS.ClH/c1-4-7-14-8-9-15-12(16)13(2,3)11-6-5-10-17-11;/h5-6,10,14H,4,7-9H2,1-3H3,(H,15,16);1H. The summed E-state index contributed by atoms with van der Waals surface area (Å²) in [6.45, 7) is 8.59. The summed E-state index contributed by atoms with van der Waals surface area (Å²) in [5.41, 5.74) is -0.432. The second-order valence-corrected chi connectivity index (χ2v) is 5.56. The van der Waals surface area contributed by atoms with Crippen LogP contribution in [0, 0.1) is 0 Å². The Labute approximate surface area is 120 Å². The Balaban J connectivity index is 0.00000289. The number of hydrogen-bond acceptors (Lipinski definition) is 3. The predicted octanol–water partition coefficient (Wildman–Crippen LogP) is 2.56. The molecule has 0 aliphatic carbocycles. The number of nitrogens with one attached hydrogen (secondary N) is 2. The lowest BCUT2D eigenvalue weighted by atomic mass is 9.90. The minimum Gasteiger partial charge on any atom is -0.354 e. The molecule has 0 aromatic carbocycles. The molecule has 0 saturated carbocycles. The van der Waals surface area contributed by atoms with Crippen molar-refractivity contribution < 1.29 is 4.79 Å². The van der Waals surface area contributed by atoms with Gasteiger partial charge in [0.05, 0.1) is 5.41 Å². The first-order valence-corrected chi connectivity index (χ1v) is 7.00. The van der Waals surface area contributed by atoms with E-state index in [1.807, 2.05) is 31.4 Å². The van der Waals surface area contributed by atoms with Gasteiger partial charge in [0.1, 0.15) is 0 Å². The van der Waals surface area contributed by atoms with Crippen LogP contribution in [0.15, 0.2) is 17.5 Å². The zero-order valence-corrected chi connectivity index (χ0v) is 12.9. The second kappa shape index (κ2) is 8.51. The average Bonchev–Trinajstić information content (AvgIpc) is 2.82. The second-order valence-electron chi connectivity index (χ2n) is 4.61. The van der Waals surface area contributed by atoms with E-state index in [0.717, 1.165) is 24.4 Å². The van der Waals surface area contributed by atoms with Gasteiger partial charge in [-0.1, -0.05) is 13.0 Å². The molecule has 5 heteroatoms. The summed E-state index contributed by atoms with van der Waals surface area (Å²) in [7, 11) is 0. The van der Waals surface area contributed by atoms with Crippen LogP contribution >= 0.6 is 23.7 Å². The Bertz CT molecular complexity index is 339. The summed E-state index contributed by atoms with van der Waals surface area (Å²) in [5, 5.41) is 8.25. The number of carbonyl (C=O) groups excluding carboxylic acids is 1. The minimum atomic E-state index is -0.432. The van der Waals surface area contributed by atoms with Gasteiger partial charge in [-0.05, 0) is 38.3 Å². The van der Waals surface area contributed by atoms with Crippen molar-refractivity contribution in [3.8, 4) is 0 Å². The highest BCUT2D eigenvalue weighted by Gasteiger charge is 2.30. The zero-order chi connectivity index (χ0) is 12.7. The van der Waals surface area contributed by atoms with E-state index >= 15 is 0 Å². The molecule has 0 saturated heterocycles. The molecule has 104 valence electrons. The van der Waals surface area contributed by atoms with E-state index < -0.39 is 5.41 Å². The molecule has 0 spiro atoms. The number of amides is 1. The maximum Gasteiger partial charge on any atom is 0.230 e. The van der Waals surface area contributed by atoms with Gasteiger partial charge in [0, 0.05) is 18.0 Å². The maximum absolute atomic E-state index is 12.1. The lowest BCUT2D eigenvalue weighted by Crippen LogP contribution is -2.42. The molecular weight excluding hydrogens is 268 g/mol. The Morgan fingerprint density at radius 2 is 2.06 bits per heavy atom. The van der Waals surface area contributed by atoms with Gasteiger partial charge in [0.2, 0.25) is 5.91 Å². The van der Waals surface area contributed by atoms with Crippen molar-refractivity contribution in [3.05, 3.63) is 22.4 Å². The predicted molar refractivity (Wildman–Crippen MR) is 80.8 cm³/mol. The van der Waals surface area contributed by atoms with Gasteiger partial charge in [-0.3, -0.25) is 4.79 Å². The first kappa shape index (κ1) is 17.4. The van der Waals surface area contributed by atoms with Crippen molar-refractivity contribution in [1.29, 1.82) is 0 Å². The fourth-order valence-corrected chi connectivity index (χ4v) is 2.38.